The zero-order chi connectivity index (χ0) is 21.6. The summed E-state index contributed by atoms with van der Waals surface area (Å²) in [5.74, 6) is -0.755. The molecular weight excluding hydrogens is 372 g/mol. The molecule has 1 saturated heterocycles. The number of amides is 2. The van der Waals surface area contributed by atoms with E-state index in [9.17, 15) is 19.5 Å². The second-order valence-corrected chi connectivity index (χ2v) is 7.06. The molecule has 1 aliphatic heterocycles. The largest absolute Gasteiger partial charge is 0.481 e. The number of hydrogen-bond acceptors (Lipinski definition) is 4. The van der Waals surface area contributed by atoms with Gasteiger partial charge in [0.25, 0.3) is 0 Å². The smallest absolute Gasteiger partial charge is 0.309 e. The topological polar surface area (TPSA) is 137 Å². The fraction of sp³-hybridized carbons (Fsp3) is 0.429. The van der Waals surface area contributed by atoms with Crippen LogP contribution in [-0.4, -0.2) is 41.3 Å². The Morgan fingerprint density at radius 3 is 2.59 bits per heavy atom. The van der Waals surface area contributed by atoms with Gasteiger partial charge in [-0.1, -0.05) is 12.8 Å². The van der Waals surface area contributed by atoms with Gasteiger partial charge in [-0.2, -0.15) is 0 Å². The van der Waals surface area contributed by atoms with Gasteiger partial charge in [-0.3, -0.25) is 19.8 Å². The van der Waals surface area contributed by atoms with Crippen molar-refractivity contribution in [2.75, 3.05) is 11.4 Å². The molecule has 1 aromatic carbocycles. The van der Waals surface area contributed by atoms with Gasteiger partial charge in [0.1, 0.15) is 11.9 Å². The molecule has 8 heteroatoms. The first-order valence-electron chi connectivity index (χ1n) is 9.52. The van der Waals surface area contributed by atoms with Crippen molar-refractivity contribution in [3.05, 3.63) is 29.8 Å². The average molecular weight is 398 g/mol. The number of carboxylic acids is 1. The van der Waals surface area contributed by atoms with E-state index in [4.69, 9.17) is 17.6 Å². The highest BCUT2D eigenvalue weighted by atomic mass is 16.4. The molecule has 2 rings (SSSR count). The summed E-state index contributed by atoms with van der Waals surface area (Å²) in [6, 6.07) is 5.89. The zero-order valence-corrected chi connectivity index (χ0v) is 16.4. The van der Waals surface area contributed by atoms with Gasteiger partial charge >= 0.3 is 5.97 Å². The lowest BCUT2D eigenvalue weighted by atomic mass is 9.92. The van der Waals surface area contributed by atoms with E-state index in [0.29, 0.717) is 24.2 Å². The quantitative estimate of drug-likeness (QED) is 0.297. The lowest BCUT2D eigenvalue weighted by Crippen LogP contribution is -2.46. The van der Waals surface area contributed by atoms with E-state index < -0.39 is 29.8 Å². The minimum absolute atomic E-state index is 0.0465. The number of hydrogen-bond donors (Lipinski definition) is 4. The molecule has 1 aromatic rings. The van der Waals surface area contributed by atoms with Gasteiger partial charge < -0.3 is 21.1 Å². The molecule has 1 heterocycles. The van der Waals surface area contributed by atoms with Crippen LogP contribution in [0, 0.1) is 29.6 Å². The van der Waals surface area contributed by atoms with Crippen molar-refractivity contribution in [2.24, 2.45) is 17.6 Å². The first-order valence-corrected chi connectivity index (χ1v) is 9.52. The third-order valence-electron chi connectivity index (χ3n) is 5.13. The van der Waals surface area contributed by atoms with E-state index in [1.54, 1.807) is 36.1 Å². The van der Waals surface area contributed by atoms with Crippen LogP contribution in [0.15, 0.2) is 24.3 Å². The predicted octanol–water partition coefficient (Wildman–Crippen LogP) is 1.33. The number of carboxylic acid groups (broad SMARTS) is 1. The molecule has 5 N–H and O–H groups in total. The number of carbonyl (C=O) groups excluding carboxylic acids is 2. The monoisotopic (exact) mass is 398 g/mol. The molecule has 3 unspecified atom stereocenters. The number of nitrogen functional groups attached to an aromatic ring is 1. The maximum Gasteiger partial charge on any atom is 0.309 e. The van der Waals surface area contributed by atoms with Crippen molar-refractivity contribution < 1.29 is 19.5 Å². The van der Waals surface area contributed by atoms with Crippen LogP contribution in [0.3, 0.4) is 0 Å². The Labute approximate surface area is 170 Å². The van der Waals surface area contributed by atoms with E-state index in [-0.39, 0.29) is 24.6 Å². The van der Waals surface area contributed by atoms with Crippen LogP contribution in [0.25, 0.3) is 0 Å². The summed E-state index contributed by atoms with van der Waals surface area (Å²) in [5.41, 5.74) is 6.71. The highest BCUT2D eigenvalue weighted by Gasteiger charge is 2.33. The van der Waals surface area contributed by atoms with Crippen LogP contribution >= 0.6 is 0 Å². The van der Waals surface area contributed by atoms with Crippen LogP contribution in [-0.2, 0) is 14.4 Å². The lowest BCUT2D eigenvalue weighted by molar-refractivity contribution is -0.142. The second-order valence-electron chi connectivity index (χ2n) is 7.06. The number of nitrogens with one attached hydrogen (secondary N) is 2. The van der Waals surface area contributed by atoms with Crippen molar-refractivity contribution in [3.63, 3.8) is 0 Å². The second kappa shape index (κ2) is 9.73. The van der Waals surface area contributed by atoms with Crippen molar-refractivity contribution in [3.8, 4) is 12.3 Å². The third-order valence-corrected chi connectivity index (χ3v) is 5.13. The maximum atomic E-state index is 12.9. The van der Waals surface area contributed by atoms with Gasteiger partial charge in [0, 0.05) is 30.1 Å². The summed E-state index contributed by atoms with van der Waals surface area (Å²) in [6.07, 6.45) is 6.96. The molecule has 1 aliphatic rings. The summed E-state index contributed by atoms with van der Waals surface area (Å²) < 4.78 is 0. The predicted molar refractivity (Wildman–Crippen MR) is 109 cm³/mol. The van der Waals surface area contributed by atoms with Crippen LogP contribution < -0.4 is 16.0 Å². The standard InChI is InChI=1S/C21H26N4O4/c1-3-16(21(28)29)17(4-2)24-18(26)12-14-6-5-11-25(20(14)27)15-9-7-13(8-10-15)19(22)23/h2,7-10,14,16-17H,3,5-6,11-12H2,1H3,(H3,22,23)(H,24,26)(H,28,29). The summed E-state index contributed by atoms with van der Waals surface area (Å²) >= 11 is 0. The Morgan fingerprint density at radius 1 is 1.41 bits per heavy atom. The molecule has 0 bridgehead atoms. The Kier molecular flexibility index (Phi) is 7.37. The number of terminal acetylenes is 1. The molecule has 0 aliphatic carbocycles. The minimum atomic E-state index is -1.07. The minimum Gasteiger partial charge on any atom is -0.481 e. The Bertz CT molecular complexity index is 828. The van der Waals surface area contributed by atoms with Crippen molar-refractivity contribution in [1.29, 1.82) is 5.41 Å². The number of benzene rings is 1. The highest BCUT2D eigenvalue weighted by Crippen LogP contribution is 2.27. The average Bonchev–Trinajstić information content (AvgIpc) is 2.69. The number of nitrogens with zero attached hydrogens (tertiary/aromatic N) is 1. The molecule has 1 fully saturated rings. The molecule has 0 radical (unpaired) electrons. The highest BCUT2D eigenvalue weighted by molar-refractivity contribution is 5.99. The SMILES string of the molecule is C#CC(NC(=O)CC1CCCN(c2ccc(C(=N)N)cc2)C1=O)C(CC)C(=O)O. The molecule has 0 aromatic heterocycles. The summed E-state index contributed by atoms with van der Waals surface area (Å²) in [7, 11) is 0. The number of anilines is 1. The molecule has 0 spiro atoms. The molecule has 3 atom stereocenters. The first kappa shape index (κ1) is 22.0. The molecule has 29 heavy (non-hydrogen) atoms. The lowest BCUT2D eigenvalue weighted by Gasteiger charge is -2.32. The van der Waals surface area contributed by atoms with Crippen LogP contribution in [0.5, 0.6) is 0 Å². The van der Waals surface area contributed by atoms with Crippen molar-refractivity contribution >= 4 is 29.3 Å². The van der Waals surface area contributed by atoms with Gasteiger partial charge in [-0.25, -0.2) is 0 Å². The van der Waals surface area contributed by atoms with Crippen molar-refractivity contribution in [1.82, 2.24) is 5.32 Å². The molecule has 2 amide bonds. The zero-order valence-electron chi connectivity index (χ0n) is 16.4. The number of piperidine rings is 1. The molecular formula is C21H26N4O4. The van der Waals surface area contributed by atoms with Crippen LogP contribution in [0.4, 0.5) is 5.69 Å². The van der Waals surface area contributed by atoms with Crippen molar-refractivity contribution in [2.45, 2.75) is 38.6 Å². The fourth-order valence-electron chi connectivity index (χ4n) is 3.48. The van der Waals surface area contributed by atoms with E-state index in [0.717, 1.165) is 6.42 Å². The number of nitrogens with two attached hydrogens (primary N) is 1. The van der Waals surface area contributed by atoms with Crippen LogP contribution in [0.1, 0.15) is 38.2 Å². The number of aliphatic carboxylic acids is 1. The van der Waals surface area contributed by atoms with Gasteiger partial charge in [-0.05, 0) is 43.5 Å². The Morgan fingerprint density at radius 2 is 2.07 bits per heavy atom. The Hall–Kier alpha value is -3.34. The number of carbonyl (C=O) groups is 3. The maximum absolute atomic E-state index is 12.9. The van der Waals surface area contributed by atoms with E-state index in [2.05, 4.69) is 11.2 Å². The van der Waals surface area contributed by atoms with Gasteiger partial charge in [0.05, 0.1) is 5.92 Å². The van der Waals surface area contributed by atoms with E-state index in [1.165, 1.54) is 0 Å². The third kappa shape index (κ3) is 5.35. The van der Waals surface area contributed by atoms with E-state index in [1.807, 2.05) is 0 Å². The van der Waals surface area contributed by atoms with E-state index >= 15 is 0 Å². The summed E-state index contributed by atoms with van der Waals surface area (Å²) in [6.45, 7) is 2.23. The number of amidine groups is 1. The molecule has 8 nitrogen and oxygen atoms in total. The molecule has 0 saturated carbocycles. The number of rotatable bonds is 8. The van der Waals surface area contributed by atoms with Gasteiger partial charge in [0.2, 0.25) is 11.8 Å². The normalized spacial score (nSPS) is 18.4. The fourth-order valence-corrected chi connectivity index (χ4v) is 3.48. The molecule has 154 valence electrons. The summed E-state index contributed by atoms with van der Waals surface area (Å²) in [5, 5.41) is 19.3. The van der Waals surface area contributed by atoms with Gasteiger partial charge in [-0.15, -0.1) is 6.42 Å². The van der Waals surface area contributed by atoms with Gasteiger partial charge in [0.15, 0.2) is 0 Å². The summed E-state index contributed by atoms with van der Waals surface area (Å²) in [4.78, 5) is 38.2. The first-order chi connectivity index (χ1) is 13.8. The van der Waals surface area contributed by atoms with Crippen LogP contribution in [0.2, 0.25) is 0 Å². The Balaban J connectivity index is 2.04.